The molecule has 1 rings (SSSR count). The molecule has 0 radical (unpaired) electrons. The van der Waals surface area contributed by atoms with Gasteiger partial charge in [0.25, 0.3) is 0 Å². The van der Waals surface area contributed by atoms with Gasteiger partial charge in [-0.1, -0.05) is 0 Å². The van der Waals surface area contributed by atoms with Crippen LogP contribution in [0.4, 0.5) is 0 Å². The zero-order valence-corrected chi connectivity index (χ0v) is 9.30. The Labute approximate surface area is 84.5 Å². The van der Waals surface area contributed by atoms with Crippen molar-refractivity contribution in [3.8, 4) is 0 Å². The highest BCUT2D eigenvalue weighted by molar-refractivity contribution is 7.88. The summed E-state index contributed by atoms with van der Waals surface area (Å²) in [4.78, 5) is 11.3. The molecule has 0 aromatic rings. The Bertz CT molecular complexity index is 313. The van der Waals surface area contributed by atoms with Gasteiger partial charge in [-0.3, -0.25) is 4.79 Å². The van der Waals surface area contributed by atoms with Crippen LogP contribution in [0, 0.1) is 5.92 Å². The first-order valence-electron chi connectivity index (χ1n) is 4.62. The van der Waals surface area contributed by atoms with Crippen molar-refractivity contribution in [1.82, 2.24) is 9.62 Å². The molecule has 82 valence electrons. The fourth-order valence-electron chi connectivity index (χ4n) is 1.66. The van der Waals surface area contributed by atoms with Crippen molar-refractivity contribution in [1.29, 1.82) is 0 Å². The lowest BCUT2D eigenvalue weighted by molar-refractivity contribution is -0.125. The summed E-state index contributed by atoms with van der Waals surface area (Å²) >= 11 is 0. The molecule has 1 amide bonds. The van der Waals surface area contributed by atoms with Crippen molar-refractivity contribution in [2.45, 2.75) is 12.8 Å². The van der Waals surface area contributed by atoms with Crippen molar-refractivity contribution in [2.75, 3.05) is 26.4 Å². The maximum absolute atomic E-state index is 11.3. The second-order valence-electron chi connectivity index (χ2n) is 3.57. The van der Waals surface area contributed by atoms with E-state index in [1.807, 2.05) is 0 Å². The third-order valence-electron chi connectivity index (χ3n) is 2.47. The fraction of sp³-hybridized carbons (Fsp3) is 0.875. The first-order valence-corrected chi connectivity index (χ1v) is 6.46. The minimum absolute atomic E-state index is 0.0710. The Morgan fingerprint density at radius 3 is 2.64 bits per heavy atom. The van der Waals surface area contributed by atoms with Gasteiger partial charge in [0, 0.05) is 20.1 Å². The van der Waals surface area contributed by atoms with Crippen LogP contribution in [-0.2, 0) is 14.8 Å². The van der Waals surface area contributed by atoms with Crippen LogP contribution in [0.15, 0.2) is 0 Å². The molecule has 1 aliphatic heterocycles. The normalized spacial score (nSPS) is 24.6. The number of rotatable bonds is 2. The van der Waals surface area contributed by atoms with Crippen molar-refractivity contribution in [2.24, 2.45) is 5.92 Å². The molecule has 5 nitrogen and oxygen atoms in total. The Hall–Kier alpha value is -0.620. The number of nitrogens with zero attached hydrogens (tertiary/aromatic N) is 1. The summed E-state index contributed by atoms with van der Waals surface area (Å²) in [5.41, 5.74) is 0. The van der Waals surface area contributed by atoms with E-state index in [4.69, 9.17) is 0 Å². The summed E-state index contributed by atoms with van der Waals surface area (Å²) in [7, 11) is -1.58. The minimum Gasteiger partial charge on any atom is -0.359 e. The number of carbonyl (C=O) groups is 1. The molecule has 0 bridgehead atoms. The van der Waals surface area contributed by atoms with Crippen molar-refractivity contribution >= 4 is 15.9 Å². The van der Waals surface area contributed by atoms with E-state index in [9.17, 15) is 13.2 Å². The number of piperidine rings is 1. The van der Waals surface area contributed by atoms with E-state index in [1.54, 1.807) is 7.05 Å². The highest BCUT2D eigenvalue weighted by Crippen LogP contribution is 2.18. The summed E-state index contributed by atoms with van der Waals surface area (Å²) in [6, 6.07) is 0. The van der Waals surface area contributed by atoms with Crippen LogP contribution in [0.2, 0.25) is 0 Å². The van der Waals surface area contributed by atoms with Gasteiger partial charge < -0.3 is 5.32 Å². The van der Waals surface area contributed by atoms with E-state index >= 15 is 0 Å². The van der Waals surface area contributed by atoms with Crippen LogP contribution in [0.25, 0.3) is 0 Å². The molecule has 1 fully saturated rings. The molecule has 0 spiro atoms. The molecule has 1 unspecified atom stereocenters. The number of nitrogens with one attached hydrogen (secondary N) is 1. The Morgan fingerprint density at radius 1 is 1.50 bits per heavy atom. The molecule has 1 aliphatic rings. The quantitative estimate of drug-likeness (QED) is 0.676. The molecule has 6 heteroatoms. The standard InChI is InChI=1S/C8H16N2O3S/c1-9-8(11)7-4-3-5-10(6-7)14(2,12)13/h7H,3-6H2,1-2H3,(H,9,11). The first-order chi connectivity index (χ1) is 6.45. The molecule has 14 heavy (non-hydrogen) atoms. The van der Waals surface area contributed by atoms with Gasteiger partial charge in [0.1, 0.15) is 0 Å². The van der Waals surface area contributed by atoms with Crippen LogP contribution in [0.1, 0.15) is 12.8 Å². The summed E-state index contributed by atoms with van der Waals surface area (Å²) in [5.74, 6) is -0.262. The minimum atomic E-state index is -3.15. The first kappa shape index (κ1) is 11.5. The lowest BCUT2D eigenvalue weighted by atomic mass is 9.99. The van der Waals surface area contributed by atoms with Gasteiger partial charge in [-0.15, -0.1) is 0 Å². The second-order valence-corrected chi connectivity index (χ2v) is 5.56. The zero-order valence-electron chi connectivity index (χ0n) is 8.49. The van der Waals surface area contributed by atoms with E-state index in [-0.39, 0.29) is 11.8 Å². The summed E-state index contributed by atoms with van der Waals surface area (Å²) < 4.78 is 23.8. The van der Waals surface area contributed by atoms with Gasteiger partial charge in [-0.25, -0.2) is 12.7 Å². The van der Waals surface area contributed by atoms with E-state index in [0.717, 1.165) is 12.8 Å². The average Bonchev–Trinajstić information content (AvgIpc) is 2.15. The van der Waals surface area contributed by atoms with E-state index < -0.39 is 10.0 Å². The smallest absolute Gasteiger partial charge is 0.224 e. The van der Waals surface area contributed by atoms with Crippen LogP contribution < -0.4 is 5.32 Å². The van der Waals surface area contributed by atoms with Crippen molar-refractivity contribution in [3.63, 3.8) is 0 Å². The van der Waals surface area contributed by atoms with Gasteiger partial charge in [-0.2, -0.15) is 0 Å². The lowest BCUT2D eigenvalue weighted by Crippen LogP contribution is -2.44. The summed E-state index contributed by atoms with van der Waals surface area (Å²) in [6.45, 7) is 0.852. The Balaban J connectivity index is 2.65. The lowest BCUT2D eigenvalue weighted by Gasteiger charge is -2.29. The number of carbonyl (C=O) groups excluding carboxylic acids is 1. The second kappa shape index (κ2) is 4.27. The molecule has 0 aliphatic carbocycles. The van der Waals surface area contributed by atoms with E-state index in [0.29, 0.717) is 13.1 Å². The van der Waals surface area contributed by atoms with E-state index in [2.05, 4.69) is 5.32 Å². The van der Waals surface area contributed by atoms with Crippen LogP contribution >= 0.6 is 0 Å². The topological polar surface area (TPSA) is 66.5 Å². The third-order valence-corrected chi connectivity index (χ3v) is 3.74. The highest BCUT2D eigenvalue weighted by atomic mass is 32.2. The van der Waals surface area contributed by atoms with Gasteiger partial charge in [0.05, 0.1) is 12.2 Å². The molecular formula is C8H16N2O3S. The molecule has 1 heterocycles. The Kier molecular flexibility index (Phi) is 3.49. The van der Waals surface area contributed by atoms with Gasteiger partial charge in [0.15, 0.2) is 0 Å². The summed E-state index contributed by atoms with van der Waals surface area (Å²) in [5, 5.41) is 2.55. The van der Waals surface area contributed by atoms with Crippen LogP contribution in [0.5, 0.6) is 0 Å². The highest BCUT2D eigenvalue weighted by Gasteiger charge is 2.29. The summed E-state index contributed by atoms with van der Waals surface area (Å²) in [6.07, 6.45) is 2.70. The number of sulfonamides is 1. The molecule has 0 saturated carbocycles. The van der Waals surface area contributed by atoms with Gasteiger partial charge in [0.2, 0.25) is 15.9 Å². The maximum Gasteiger partial charge on any atom is 0.224 e. The molecule has 1 N–H and O–H groups in total. The fourth-order valence-corrected chi connectivity index (χ4v) is 2.57. The number of hydrogen-bond acceptors (Lipinski definition) is 3. The zero-order chi connectivity index (χ0) is 10.8. The van der Waals surface area contributed by atoms with Gasteiger partial charge in [-0.05, 0) is 12.8 Å². The molecule has 0 aromatic heterocycles. The number of amides is 1. The van der Waals surface area contributed by atoms with E-state index in [1.165, 1.54) is 10.6 Å². The predicted molar refractivity (Wildman–Crippen MR) is 53.2 cm³/mol. The average molecular weight is 220 g/mol. The molecule has 1 saturated heterocycles. The maximum atomic E-state index is 11.3. The number of hydrogen-bond donors (Lipinski definition) is 1. The third kappa shape index (κ3) is 2.68. The SMILES string of the molecule is CNC(=O)C1CCCN(S(C)(=O)=O)C1. The van der Waals surface area contributed by atoms with Crippen LogP contribution in [-0.4, -0.2) is 45.0 Å². The van der Waals surface area contributed by atoms with Crippen molar-refractivity contribution in [3.05, 3.63) is 0 Å². The largest absolute Gasteiger partial charge is 0.359 e. The monoisotopic (exact) mass is 220 g/mol. The molecule has 0 aromatic carbocycles. The predicted octanol–water partition coefficient (Wildman–Crippen LogP) is -0.596. The molecular weight excluding hydrogens is 204 g/mol. The van der Waals surface area contributed by atoms with Gasteiger partial charge >= 0.3 is 0 Å². The van der Waals surface area contributed by atoms with Crippen LogP contribution in [0.3, 0.4) is 0 Å². The Morgan fingerprint density at radius 2 is 2.14 bits per heavy atom. The van der Waals surface area contributed by atoms with Crippen molar-refractivity contribution < 1.29 is 13.2 Å². The molecule has 1 atom stereocenters.